The second-order valence-electron chi connectivity index (χ2n) is 4.60. The van der Waals surface area contributed by atoms with Gasteiger partial charge in [0.05, 0.1) is 0 Å². The highest BCUT2D eigenvalue weighted by atomic mass is 31.2. The quantitative estimate of drug-likeness (QED) is 0.753. The molecule has 4 nitrogen and oxygen atoms in total. The molecule has 0 saturated carbocycles. The summed E-state index contributed by atoms with van der Waals surface area (Å²) in [4.78, 5) is 18.6. The van der Waals surface area contributed by atoms with Crippen LogP contribution in [0.15, 0.2) is 18.2 Å². The van der Waals surface area contributed by atoms with Crippen molar-refractivity contribution >= 4 is 7.60 Å². The van der Waals surface area contributed by atoms with E-state index >= 15 is 0 Å². The van der Waals surface area contributed by atoms with Crippen LogP contribution in [0, 0.1) is 0 Å². The van der Waals surface area contributed by atoms with Crippen molar-refractivity contribution < 1.29 is 19.1 Å². The Hall–Kier alpha value is -0.830. The van der Waals surface area contributed by atoms with Gasteiger partial charge in [-0.2, -0.15) is 0 Å². The molecule has 0 bridgehead atoms. The molecule has 0 aliphatic rings. The summed E-state index contributed by atoms with van der Waals surface area (Å²) in [5, 5.41) is 0. The highest BCUT2D eigenvalue weighted by Crippen LogP contribution is 2.44. The molecule has 19 heavy (non-hydrogen) atoms. The fraction of sp³-hybridized carbons (Fsp3) is 0.571. The Balaban J connectivity index is 2.99. The van der Waals surface area contributed by atoms with E-state index in [1.54, 1.807) is 0 Å². The van der Waals surface area contributed by atoms with Gasteiger partial charge in [0, 0.05) is 0 Å². The van der Waals surface area contributed by atoms with Crippen LogP contribution in [-0.2, 0) is 17.4 Å². The lowest BCUT2D eigenvalue weighted by atomic mass is 10.1. The number of hydrogen-bond donors (Lipinski definition) is 2. The van der Waals surface area contributed by atoms with Crippen LogP contribution in [0.4, 0.5) is 0 Å². The first kappa shape index (κ1) is 16.2. The van der Waals surface area contributed by atoms with Gasteiger partial charge in [0.15, 0.2) is 5.85 Å². The number of aryl methyl sites for hydroxylation is 2. The molecule has 0 saturated heterocycles. The van der Waals surface area contributed by atoms with Crippen molar-refractivity contribution in [1.29, 1.82) is 0 Å². The average molecular weight is 286 g/mol. The molecular weight excluding hydrogens is 263 g/mol. The van der Waals surface area contributed by atoms with Gasteiger partial charge in [0.2, 0.25) is 0 Å². The first-order valence-corrected chi connectivity index (χ1v) is 8.44. The van der Waals surface area contributed by atoms with E-state index in [9.17, 15) is 14.4 Å². The van der Waals surface area contributed by atoms with E-state index in [1.165, 1.54) is 5.56 Å². The minimum atomic E-state index is -4.23. The van der Waals surface area contributed by atoms with Gasteiger partial charge in [0.25, 0.3) is 0 Å². The normalized spacial score (nSPS) is 13.3. The van der Waals surface area contributed by atoms with Gasteiger partial charge in [-0.3, -0.25) is 4.57 Å². The summed E-state index contributed by atoms with van der Waals surface area (Å²) in [6, 6.07) is 5.80. The zero-order chi connectivity index (χ0) is 14.5. The number of benzene rings is 1. The predicted molar refractivity (Wildman–Crippen MR) is 76.6 cm³/mol. The molecule has 0 fully saturated rings. The molecule has 0 heterocycles. The fourth-order valence-corrected chi connectivity index (χ4v) is 2.78. The van der Waals surface area contributed by atoms with Crippen molar-refractivity contribution in [2.24, 2.45) is 0 Å². The van der Waals surface area contributed by atoms with Crippen molar-refractivity contribution in [2.45, 2.75) is 52.3 Å². The molecule has 0 aliphatic heterocycles. The van der Waals surface area contributed by atoms with Crippen LogP contribution in [0.25, 0.3) is 0 Å². The monoisotopic (exact) mass is 286 g/mol. The maximum Gasteiger partial charge on any atom is 0.365 e. The maximum absolute atomic E-state index is 11.4. The molecule has 0 spiro atoms. The predicted octanol–water partition coefficient (Wildman–Crippen LogP) is 3.49. The third kappa shape index (κ3) is 4.64. The molecular formula is C14H23O4P. The molecule has 1 aromatic rings. The largest absolute Gasteiger partial charge is 0.478 e. The van der Waals surface area contributed by atoms with E-state index in [1.807, 2.05) is 32.0 Å². The first-order valence-electron chi connectivity index (χ1n) is 6.76. The molecule has 1 unspecified atom stereocenters. The van der Waals surface area contributed by atoms with Gasteiger partial charge in [-0.25, -0.2) is 0 Å². The summed E-state index contributed by atoms with van der Waals surface area (Å²) >= 11 is 0. The lowest BCUT2D eigenvalue weighted by molar-refractivity contribution is 0.212. The van der Waals surface area contributed by atoms with E-state index < -0.39 is 13.4 Å². The van der Waals surface area contributed by atoms with Crippen LogP contribution in [0.5, 0.6) is 5.75 Å². The molecule has 5 heteroatoms. The molecule has 2 N–H and O–H groups in total. The van der Waals surface area contributed by atoms with Crippen LogP contribution in [0.3, 0.4) is 0 Å². The number of hydrogen-bond acceptors (Lipinski definition) is 2. The minimum Gasteiger partial charge on any atom is -0.478 e. The van der Waals surface area contributed by atoms with E-state index in [4.69, 9.17) is 4.74 Å². The molecule has 0 amide bonds. The van der Waals surface area contributed by atoms with Gasteiger partial charge in [-0.1, -0.05) is 39.3 Å². The summed E-state index contributed by atoms with van der Waals surface area (Å²) in [5.74, 6) is -0.461. The van der Waals surface area contributed by atoms with Gasteiger partial charge < -0.3 is 14.5 Å². The van der Waals surface area contributed by atoms with Gasteiger partial charge in [-0.15, -0.1) is 0 Å². The molecule has 1 atom stereocenters. The van der Waals surface area contributed by atoms with Gasteiger partial charge >= 0.3 is 7.60 Å². The highest BCUT2D eigenvalue weighted by Gasteiger charge is 2.30. The molecule has 1 rings (SSSR count). The molecule has 0 aliphatic carbocycles. The van der Waals surface area contributed by atoms with Crippen LogP contribution >= 0.6 is 7.60 Å². The second kappa shape index (κ2) is 7.09. The van der Waals surface area contributed by atoms with Gasteiger partial charge in [0.1, 0.15) is 5.75 Å². The van der Waals surface area contributed by atoms with Crippen molar-refractivity contribution in [1.82, 2.24) is 0 Å². The standard InChI is InChI=1S/C14H23O4P/c1-4-7-14(19(15,16)17)18-13-9-8-11(5-2)10-12(13)6-3/h8-10,14H,4-7H2,1-3H3,(H2,15,16,17). The van der Waals surface area contributed by atoms with Crippen molar-refractivity contribution in [2.75, 3.05) is 0 Å². The summed E-state index contributed by atoms with van der Waals surface area (Å²) < 4.78 is 17.0. The Labute approximate surface area is 115 Å². The Morgan fingerprint density at radius 1 is 1.21 bits per heavy atom. The number of ether oxygens (including phenoxy) is 1. The van der Waals surface area contributed by atoms with Crippen LogP contribution in [0.2, 0.25) is 0 Å². The van der Waals surface area contributed by atoms with Crippen molar-refractivity contribution in [3.63, 3.8) is 0 Å². The smallest absolute Gasteiger partial charge is 0.365 e. The molecule has 0 radical (unpaired) electrons. The molecule has 0 aromatic heterocycles. The zero-order valence-electron chi connectivity index (χ0n) is 11.8. The Morgan fingerprint density at radius 3 is 2.37 bits per heavy atom. The SMILES string of the molecule is CCCC(Oc1ccc(CC)cc1CC)P(=O)(O)O. The third-order valence-corrected chi connectivity index (χ3v) is 4.20. The molecule has 1 aromatic carbocycles. The van der Waals surface area contributed by atoms with Crippen molar-refractivity contribution in [3.8, 4) is 5.75 Å². The van der Waals surface area contributed by atoms with E-state index in [0.717, 1.165) is 18.4 Å². The van der Waals surface area contributed by atoms with Crippen LogP contribution < -0.4 is 4.74 Å². The van der Waals surface area contributed by atoms with Gasteiger partial charge in [-0.05, 0) is 36.5 Å². The summed E-state index contributed by atoms with van der Waals surface area (Å²) in [7, 11) is -4.23. The Morgan fingerprint density at radius 2 is 1.89 bits per heavy atom. The van der Waals surface area contributed by atoms with Crippen LogP contribution in [0.1, 0.15) is 44.7 Å². The Kier molecular flexibility index (Phi) is 6.05. The fourth-order valence-electron chi connectivity index (χ4n) is 1.93. The van der Waals surface area contributed by atoms with Crippen LogP contribution in [-0.4, -0.2) is 15.6 Å². The summed E-state index contributed by atoms with van der Waals surface area (Å²) in [6.07, 6.45) is 2.74. The lowest BCUT2D eigenvalue weighted by Crippen LogP contribution is -2.17. The Bertz CT molecular complexity index is 453. The topological polar surface area (TPSA) is 66.8 Å². The number of rotatable bonds is 7. The summed E-state index contributed by atoms with van der Waals surface area (Å²) in [6.45, 7) is 5.96. The van der Waals surface area contributed by atoms with E-state index in [-0.39, 0.29) is 0 Å². The maximum atomic E-state index is 11.4. The summed E-state index contributed by atoms with van der Waals surface area (Å²) in [5.41, 5.74) is 2.20. The second-order valence-corrected chi connectivity index (χ2v) is 6.35. The third-order valence-electron chi connectivity index (χ3n) is 3.09. The average Bonchev–Trinajstić information content (AvgIpc) is 2.37. The van der Waals surface area contributed by atoms with E-state index in [0.29, 0.717) is 18.6 Å². The minimum absolute atomic E-state index is 0.350. The molecule has 108 valence electrons. The lowest BCUT2D eigenvalue weighted by Gasteiger charge is -2.21. The highest BCUT2D eigenvalue weighted by molar-refractivity contribution is 7.52. The van der Waals surface area contributed by atoms with Crippen molar-refractivity contribution in [3.05, 3.63) is 29.3 Å². The first-order chi connectivity index (χ1) is 8.92. The zero-order valence-corrected chi connectivity index (χ0v) is 12.7. The van der Waals surface area contributed by atoms with E-state index in [2.05, 4.69) is 6.92 Å².